The van der Waals surface area contributed by atoms with E-state index in [1.165, 1.54) is 0 Å². The van der Waals surface area contributed by atoms with E-state index in [4.69, 9.17) is 5.11 Å². The molecule has 1 rings (SSSR count). The number of rotatable bonds is 5. The number of carbonyl (C=O) groups is 2. The van der Waals surface area contributed by atoms with Crippen molar-refractivity contribution in [3.8, 4) is 0 Å². The number of hydrogen-bond acceptors (Lipinski definition) is 3. The smallest absolute Gasteiger partial charge is 0.317 e. The van der Waals surface area contributed by atoms with Gasteiger partial charge in [0.05, 0.1) is 12.5 Å². The summed E-state index contributed by atoms with van der Waals surface area (Å²) in [5.74, 6) is -1.06. The first-order chi connectivity index (χ1) is 9.75. The number of nitrogens with zero attached hydrogens (tertiary/aromatic N) is 1. The molecule has 6 heteroatoms. The molecule has 1 fully saturated rings. The maximum absolute atomic E-state index is 12.2. The van der Waals surface area contributed by atoms with Gasteiger partial charge in [-0.2, -0.15) is 0 Å². The second kappa shape index (κ2) is 7.11. The lowest BCUT2D eigenvalue weighted by Gasteiger charge is -2.46. The van der Waals surface area contributed by atoms with Gasteiger partial charge in [0.25, 0.3) is 0 Å². The highest BCUT2D eigenvalue weighted by Gasteiger charge is 2.46. The van der Waals surface area contributed by atoms with Crippen molar-refractivity contribution in [1.29, 1.82) is 0 Å². The molecule has 1 saturated carbocycles. The van der Waals surface area contributed by atoms with Crippen molar-refractivity contribution in [2.24, 2.45) is 17.3 Å². The lowest BCUT2D eigenvalue weighted by molar-refractivity contribution is -0.150. The van der Waals surface area contributed by atoms with Gasteiger partial charge in [-0.05, 0) is 31.1 Å². The van der Waals surface area contributed by atoms with Crippen LogP contribution < -0.4 is 5.32 Å². The van der Waals surface area contributed by atoms with Gasteiger partial charge in [-0.25, -0.2) is 4.79 Å². The van der Waals surface area contributed by atoms with Crippen LogP contribution in [0.5, 0.6) is 0 Å². The molecule has 0 bridgehead atoms. The third-order valence-electron chi connectivity index (χ3n) is 5.09. The minimum Gasteiger partial charge on any atom is -0.481 e. The Labute approximate surface area is 126 Å². The summed E-state index contributed by atoms with van der Waals surface area (Å²) >= 11 is 0. The molecule has 2 amide bonds. The molecular weight excluding hydrogens is 272 g/mol. The normalized spacial score (nSPS) is 28.0. The molecule has 3 atom stereocenters. The summed E-state index contributed by atoms with van der Waals surface area (Å²) in [6, 6.07) is -0.219. The lowest BCUT2D eigenvalue weighted by atomic mass is 9.61. The summed E-state index contributed by atoms with van der Waals surface area (Å²) in [5.41, 5.74) is -0.365. The fourth-order valence-electron chi connectivity index (χ4n) is 3.22. The van der Waals surface area contributed by atoms with E-state index in [1.807, 2.05) is 27.7 Å². The molecule has 0 heterocycles. The zero-order valence-corrected chi connectivity index (χ0v) is 13.4. The van der Waals surface area contributed by atoms with Crippen molar-refractivity contribution in [3.63, 3.8) is 0 Å². The average molecular weight is 300 g/mol. The number of carbonyl (C=O) groups excluding carboxylic acids is 1. The second-order valence-electron chi connectivity index (χ2n) is 6.44. The Morgan fingerprint density at radius 3 is 2.43 bits per heavy atom. The molecule has 3 unspecified atom stereocenters. The van der Waals surface area contributed by atoms with Crippen LogP contribution in [-0.4, -0.2) is 52.9 Å². The first-order valence-electron chi connectivity index (χ1n) is 7.64. The van der Waals surface area contributed by atoms with Gasteiger partial charge in [0.1, 0.15) is 0 Å². The number of aliphatic hydroxyl groups excluding tert-OH is 1. The van der Waals surface area contributed by atoms with E-state index >= 15 is 0 Å². The monoisotopic (exact) mass is 300 g/mol. The zero-order chi connectivity index (χ0) is 16.2. The minimum atomic E-state index is -0.757. The van der Waals surface area contributed by atoms with E-state index in [9.17, 15) is 14.7 Å². The highest BCUT2D eigenvalue weighted by atomic mass is 16.4. The number of aliphatic carboxylic acids is 1. The molecule has 21 heavy (non-hydrogen) atoms. The Morgan fingerprint density at radius 1 is 1.33 bits per heavy atom. The highest BCUT2D eigenvalue weighted by molar-refractivity contribution is 5.75. The van der Waals surface area contributed by atoms with Crippen LogP contribution in [0.2, 0.25) is 0 Å². The molecule has 122 valence electrons. The molecule has 0 aromatic carbocycles. The summed E-state index contributed by atoms with van der Waals surface area (Å²) in [7, 11) is 0. The van der Waals surface area contributed by atoms with Crippen LogP contribution in [0.25, 0.3) is 0 Å². The largest absolute Gasteiger partial charge is 0.481 e. The summed E-state index contributed by atoms with van der Waals surface area (Å²) in [4.78, 5) is 25.1. The van der Waals surface area contributed by atoms with Gasteiger partial charge < -0.3 is 20.4 Å². The molecule has 0 aromatic rings. The highest BCUT2D eigenvalue weighted by Crippen LogP contribution is 2.45. The third-order valence-corrected chi connectivity index (χ3v) is 5.09. The Morgan fingerprint density at radius 2 is 1.95 bits per heavy atom. The van der Waals surface area contributed by atoms with Crippen molar-refractivity contribution in [2.45, 2.75) is 46.6 Å². The molecule has 6 nitrogen and oxygen atoms in total. The van der Waals surface area contributed by atoms with Crippen LogP contribution in [0, 0.1) is 17.3 Å². The van der Waals surface area contributed by atoms with Crippen LogP contribution >= 0.6 is 0 Å². The van der Waals surface area contributed by atoms with E-state index in [-0.39, 0.29) is 35.9 Å². The minimum absolute atomic E-state index is 0.0316. The van der Waals surface area contributed by atoms with Crippen molar-refractivity contribution >= 4 is 12.0 Å². The predicted molar refractivity (Wildman–Crippen MR) is 80.0 cm³/mol. The Hall–Kier alpha value is -1.30. The fraction of sp³-hybridized carbons (Fsp3) is 0.867. The molecule has 0 aromatic heterocycles. The van der Waals surface area contributed by atoms with E-state index in [0.29, 0.717) is 25.9 Å². The number of nitrogens with one attached hydrogen (secondary N) is 1. The standard InChI is InChI=1S/C15H28N2O4/c1-5-17(8-9-18)14(21)16-12-7-6-11(13(19)20)15(3,4)10(12)2/h10-12,18H,5-9H2,1-4H3,(H,16,21)(H,19,20). The number of carboxylic acid groups (broad SMARTS) is 1. The van der Waals surface area contributed by atoms with Gasteiger partial charge in [0.15, 0.2) is 0 Å². The predicted octanol–water partition coefficient (Wildman–Crippen LogP) is 1.54. The molecular formula is C15H28N2O4. The SMILES string of the molecule is CCN(CCO)C(=O)NC1CCC(C(=O)O)C(C)(C)C1C. The maximum Gasteiger partial charge on any atom is 0.317 e. The van der Waals surface area contributed by atoms with Crippen LogP contribution in [-0.2, 0) is 4.79 Å². The lowest BCUT2D eigenvalue weighted by Crippen LogP contribution is -2.55. The molecule has 0 radical (unpaired) electrons. The molecule has 1 aliphatic carbocycles. The van der Waals surface area contributed by atoms with E-state index < -0.39 is 5.97 Å². The molecule has 0 spiro atoms. The average Bonchev–Trinajstić information content (AvgIpc) is 2.40. The molecule has 3 N–H and O–H groups in total. The molecule has 1 aliphatic rings. The number of carboxylic acids is 1. The van der Waals surface area contributed by atoms with E-state index in [0.717, 1.165) is 0 Å². The van der Waals surface area contributed by atoms with Gasteiger partial charge in [0.2, 0.25) is 0 Å². The van der Waals surface area contributed by atoms with E-state index in [1.54, 1.807) is 4.90 Å². The van der Waals surface area contributed by atoms with Crippen molar-refractivity contribution in [2.75, 3.05) is 19.7 Å². The maximum atomic E-state index is 12.2. The van der Waals surface area contributed by atoms with E-state index in [2.05, 4.69) is 5.32 Å². The first kappa shape index (κ1) is 17.8. The van der Waals surface area contributed by atoms with Crippen LogP contribution in [0.1, 0.15) is 40.5 Å². The number of urea groups is 1. The summed E-state index contributed by atoms with van der Waals surface area (Å²) in [6.45, 7) is 8.57. The van der Waals surface area contributed by atoms with Crippen LogP contribution in [0.15, 0.2) is 0 Å². The Bertz CT molecular complexity index is 384. The number of amides is 2. The van der Waals surface area contributed by atoms with Gasteiger partial charge in [-0.3, -0.25) is 4.79 Å². The third kappa shape index (κ3) is 3.87. The van der Waals surface area contributed by atoms with Crippen LogP contribution in [0.3, 0.4) is 0 Å². The second-order valence-corrected chi connectivity index (χ2v) is 6.44. The number of likely N-dealkylation sites (N-methyl/N-ethyl adjacent to an activating group) is 1. The number of aliphatic hydroxyl groups is 1. The Balaban J connectivity index is 2.74. The fourth-order valence-corrected chi connectivity index (χ4v) is 3.22. The quantitative estimate of drug-likeness (QED) is 0.718. The van der Waals surface area contributed by atoms with Gasteiger partial charge in [-0.1, -0.05) is 20.8 Å². The van der Waals surface area contributed by atoms with Crippen LogP contribution in [0.4, 0.5) is 4.79 Å². The summed E-state index contributed by atoms with van der Waals surface area (Å²) < 4.78 is 0. The zero-order valence-electron chi connectivity index (χ0n) is 13.4. The number of hydrogen-bond donors (Lipinski definition) is 3. The Kier molecular flexibility index (Phi) is 6.01. The van der Waals surface area contributed by atoms with Crippen molar-refractivity contribution < 1.29 is 19.8 Å². The van der Waals surface area contributed by atoms with Crippen molar-refractivity contribution in [1.82, 2.24) is 10.2 Å². The molecule has 0 saturated heterocycles. The van der Waals surface area contributed by atoms with Gasteiger partial charge >= 0.3 is 12.0 Å². The van der Waals surface area contributed by atoms with Gasteiger partial charge in [0, 0.05) is 19.1 Å². The summed E-state index contributed by atoms with van der Waals surface area (Å²) in [6.07, 6.45) is 1.24. The summed E-state index contributed by atoms with van der Waals surface area (Å²) in [5, 5.41) is 21.3. The molecule has 0 aliphatic heterocycles. The van der Waals surface area contributed by atoms with Gasteiger partial charge in [-0.15, -0.1) is 0 Å². The van der Waals surface area contributed by atoms with Crippen molar-refractivity contribution in [3.05, 3.63) is 0 Å². The topological polar surface area (TPSA) is 89.9 Å². The first-order valence-corrected chi connectivity index (χ1v) is 7.64.